The SMILES string of the molecule is CC(=O)OC1(C)C2C3CC(C2OC(O)(C(F)(F)F)C1(F)F)C1C2CCC(C2)C31. The Morgan fingerprint density at radius 1 is 1.11 bits per heavy atom. The lowest BCUT2D eigenvalue weighted by Gasteiger charge is -2.58. The van der Waals surface area contributed by atoms with E-state index in [0.717, 1.165) is 33.1 Å². The molecule has 0 aromatic rings. The van der Waals surface area contributed by atoms with Crippen molar-refractivity contribution in [2.24, 2.45) is 41.4 Å². The highest BCUT2D eigenvalue weighted by Crippen LogP contribution is 2.74. The van der Waals surface area contributed by atoms with Gasteiger partial charge in [0.25, 0.3) is 0 Å². The predicted octanol–water partition coefficient (Wildman–Crippen LogP) is 3.52. The summed E-state index contributed by atoms with van der Waals surface area (Å²) in [6.07, 6.45) is -3.46. The number of hydrogen-bond acceptors (Lipinski definition) is 4. The van der Waals surface area contributed by atoms with Crippen LogP contribution in [0.4, 0.5) is 22.0 Å². The molecule has 4 aliphatic carbocycles. The van der Waals surface area contributed by atoms with Gasteiger partial charge in [0.2, 0.25) is 0 Å². The Morgan fingerprint density at radius 3 is 2.21 bits per heavy atom. The molecule has 0 amide bonds. The minimum atomic E-state index is -5.74. The number of alkyl halides is 5. The minimum absolute atomic E-state index is 0.149. The van der Waals surface area contributed by atoms with E-state index in [9.17, 15) is 23.1 Å². The summed E-state index contributed by atoms with van der Waals surface area (Å²) < 4.78 is 81.3. The molecular weight excluding hydrogens is 387 g/mol. The molecule has 4 bridgehead atoms. The highest BCUT2D eigenvalue weighted by molar-refractivity contribution is 5.67. The molecule has 1 saturated heterocycles. The number of hydrogen-bond donors (Lipinski definition) is 1. The number of ether oxygens (including phenoxy) is 2. The summed E-state index contributed by atoms with van der Waals surface area (Å²) in [5, 5.41) is 10.1. The molecular formula is C19H23F5O4. The van der Waals surface area contributed by atoms with Crippen LogP contribution in [0, 0.1) is 41.4 Å². The molecule has 28 heavy (non-hydrogen) atoms. The van der Waals surface area contributed by atoms with Crippen LogP contribution < -0.4 is 0 Å². The number of fused-ring (bicyclic) bond motifs is 12. The molecule has 1 N–H and O–H groups in total. The first-order valence-electron chi connectivity index (χ1n) is 9.88. The zero-order chi connectivity index (χ0) is 20.4. The second-order valence-corrected chi connectivity index (χ2v) is 9.58. The van der Waals surface area contributed by atoms with E-state index in [-0.39, 0.29) is 23.7 Å². The number of carbonyl (C=O) groups excluding carboxylic acids is 1. The third-order valence-corrected chi connectivity index (χ3v) is 8.55. The Bertz CT molecular complexity index is 726. The van der Waals surface area contributed by atoms with Crippen LogP contribution in [0.25, 0.3) is 0 Å². The first-order valence-corrected chi connectivity index (χ1v) is 9.88. The first kappa shape index (κ1) is 19.0. The van der Waals surface area contributed by atoms with E-state index in [0.29, 0.717) is 18.3 Å². The predicted molar refractivity (Wildman–Crippen MR) is 83.9 cm³/mol. The Balaban J connectivity index is 1.64. The molecule has 1 aliphatic heterocycles. The van der Waals surface area contributed by atoms with Crippen molar-refractivity contribution in [2.75, 3.05) is 0 Å². The Morgan fingerprint density at radius 2 is 1.68 bits per heavy atom. The van der Waals surface area contributed by atoms with Gasteiger partial charge in [0, 0.05) is 12.8 Å². The van der Waals surface area contributed by atoms with Crippen molar-refractivity contribution in [1.82, 2.24) is 0 Å². The maximum Gasteiger partial charge on any atom is 0.449 e. The largest absolute Gasteiger partial charge is 0.452 e. The van der Waals surface area contributed by atoms with Crippen molar-refractivity contribution >= 4 is 5.97 Å². The molecule has 0 aromatic carbocycles. The summed E-state index contributed by atoms with van der Waals surface area (Å²) >= 11 is 0. The molecule has 0 spiro atoms. The number of esters is 1. The molecule has 158 valence electrons. The molecule has 10 atom stereocenters. The van der Waals surface area contributed by atoms with Crippen molar-refractivity contribution < 1.29 is 41.3 Å². The lowest BCUT2D eigenvalue weighted by atomic mass is 9.59. The van der Waals surface area contributed by atoms with Gasteiger partial charge in [-0.05, 0) is 68.1 Å². The monoisotopic (exact) mass is 410 g/mol. The van der Waals surface area contributed by atoms with Gasteiger partial charge in [0.1, 0.15) is 0 Å². The number of halogens is 5. The average Bonchev–Trinajstić information content (AvgIpc) is 3.29. The van der Waals surface area contributed by atoms with Crippen molar-refractivity contribution in [3.05, 3.63) is 0 Å². The molecule has 4 nitrogen and oxygen atoms in total. The zero-order valence-corrected chi connectivity index (χ0v) is 15.5. The van der Waals surface area contributed by atoms with Gasteiger partial charge < -0.3 is 14.6 Å². The summed E-state index contributed by atoms with van der Waals surface area (Å²) in [6.45, 7) is 1.74. The second-order valence-electron chi connectivity index (χ2n) is 9.58. The van der Waals surface area contributed by atoms with Crippen LogP contribution in [0.3, 0.4) is 0 Å². The summed E-state index contributed by atoms with van der Waals surface area (Å²) in [5.41, 5.74) is -2.79. The van der Waals surface area contributed by atoms with E-state index in [1.165, 1.54) is 0 Å². The van der Waals surface area contributed by atoms with E-state index in [4.69, 9.17) is 9.47 Å². The third kappa shape index (κ3) is 1.91. The van der Waals surface area contributed by atoms with Crippen molar-refractivity contribution in [1.29, 1.82) is 0 Å². The maximum absolute atomic E-state index is 15.3. The fourth-order valence-corrected chi connectivity index (χ4v) is 7.90. The minimum Gasteiger partial charge on any atom is -0.452 e. The van der Waals surface area contributed by atoms with Crippen LogP contribution >= 0.6 is 0 Å². The number of aliphatic hydroxyl groups is 1. The molecule has 4 saturated carbocycles. The van der Waals surface area contributed by atoms with E-state index in [2.05, 4.69) is 0 Å². The molecule has 5 aliphatic rings. The van der Waals surface area contributed by atoms with Crippen LogP contribution in [0.5, 0.6) is 0 Å². The summed E-state index contributed by atoms with van der Waals surface area (Å²) in [7, 11) is 0. The first-order chi connectivity index (χ1) is 12.8. The van der Waals surface area contributed by atoms with Gasteiger partial charge in [-0.25, -0.2) is 0 Å². The fraction of sp³-hybridized carbons (Fsp3) is 0.947. The Hall–Kier alpha value is -0.960. The highest BCUT2D eigenvalue weighted by atomic mass is 19.4. The summed E-state index contributed by atoms with van der Waals surface area (Å²) in [5.74, 6) is -11.2. The fourth-order valence-electron chi connectivity index (χ4n) is 7.90. The summed E-state index contributed by atoms with van der Waals surface area (Å²) in [4.78, 5) is 11.7. The van der Waals surface area contributed by atoms with Crippen LogP contribution in [0.2, 0.25) is 0 Å². The summed E-state index contributed by atoms with van der Waals surface area (Å²) in [6, 6.07) is 0. The van der Waals surface area contributed by atoms with Gasteiger partial charge in [-0.15, -0.1) is 0 Å². The molecule has 5 fully saturated rings. The molecule has 5 rings (SSSR count). The van der Waals surface area contributed by atoms with Gasteiger partial charge in [-0.3, -0.25) is 4.79 Å². The van der Waals surface area contributed by atoms with Gasteiger partial charge in [0.15, 0.2) is 5.60 Å². The third-order valence-electron chi connectivity index (χ3n) is 8.55. The topological polar surface area (TPSA) is 55.8 Å². The van der Waals surface area contributed by atoms with E-state index < -0.39 is 41.5 Å². The second kappa shape index (κ2) is 5.20. The molecule has 0 aromatic heterocycles. The van der Waals surface area contributed by atoms with Crippen LogP contribution in [0.15, 0.2) is 0 Å². The normalized spacial score (nSPS) is 55.9. The highest BCUT2D eigenvalue weighted by Gasteiger charge is 2.87. The van der Waals surface area contributed by atoms with Gasteiger partial charge >= 0.3 is 23.9 Å². The van der Waals surface area contributed by atoms with E-state index >= 15 is 8.78 Å². The van der Waals surface area contributed by atoms with Crippen molar-refractivity contribution in [3.63, 3.8) is 0 Å². The van der Waals surface area contributed by atoms with Crippen LogP contribution in [-0.2, 0) is 14.3 Å². The molecule has 1 heterocycles. The quantitative estimate of drug-likeness (QED) is 0.408. The zero-order valence-electron chi connectivity index (χ0n) is 15.5. The van der Waals surface area contributed by atoms with Gasteiger partial charge in [0.05, 0.1) is 6.10 Å². The molecule has 10 unspecified atom stereocenters. The van der Waals surface area contributed by atoms with Crippen LogP contribution in [-0.4, -0.2) is 40.7 Å². The lowest BCUT2D eigenvalue weighted by Crippen LogP contribution is -2.78. The van der Waals surface area contributed by atoms with Crippen molar-refractivity contribution in [3.8, 4) is 0 Å². The number of rotatable bonds is 1. The van der Waals surface area contributed by atoms with E-state index in [1.54, 1.807) is 0 Å². The Labute approximate surface area is 158 Å². The Kier molecular flexibility index (Phi) is 3.53. The number of carbonyl (C=O) groups is 1. The molecule has 9 heteroatoms. The molecule has 0 radical (unpaired) electrons. The van der Waals surface area contributed by atoms with Gasteiger partial charge in [-0.2, -0.15) is 22.0 Å². The van der Waals surface area contributed by atoms with Gasteiger partial charge in [-0.1, -0.05) is 0 Å². The van der Waals surface area contributed by atoms with Crippen molar-refractivity contribution in [2.45, 2.75) is 69.1 Å². The van der Waals surface area contributed by atoms with Crippen LogP contribution in [0.1, 0.15) is 39.5 Å². The standard InChI is InChI=1S/C19H23F5O4/c1-7(25)27-16(2)14-10-6-11(13-9-4-3-8(5-9)12(10)13)15(14)28-18(26,17(16,20)21)19(22,23)24/h8-15,26H,3-6H2,1-2H3. The van der Waals surface area contributed by atoms with E-state index in [1.807, 2.05) is 0 Å². The maximum atomic E-state index is 15.3. The lowest BCUT2D eigenvalue weighted by molar-refractivity contribution is -0.495. The smallest absolute Gasteiger partial charge is 0.449 e. The average molecular weight is 410 g/mol.